The molecule has 124 valence electrons. The maximum absolute atomic E-state index is 11.8. The highest BCUT2D eigenvalue weighted by atomic mass is 16.6. The number of ether oxygens (including phenoxy) is 1. The lowest BCUT2D eigenvalue weighted by molar-refractivity contribution is 0.0505. The maximum Gasteiger partial charge on any atom is 0.407 e. The molecule has 2 N–H and O–H groups in total. The van der Waals surface area contributed by atoms with Gasteiger partial charge in [-0.25, -0.2) is 9.78 Å². The number of aryl methyl sites for hydroxylation is 1. The zero-order valence-corrected chi connectivity index (χ0v) is 14.1. The third kappa shape index (κ3) is 5.33. The highest BCUT2D eigenvalue weighted by molar-refractivity contribution is 5.68. The summed E-state index contributed by atoms with van der Waals surface area (Å²) < 4.78 is 7.34. The summed E-state index contributed by atoms with van der Waals surface area (Å²) in [5.74, 6) is 1.09. The van der Waals surface area contributed by atoms with Gasteiger partial charge in [0.05, 0.1) is 0 Å². The van der Waals surface area contributed by atoms with Gasteiger partial charge in [-0.3, -0.25) is 0 Å². The molecule has 2 atom stereocenters. The predicted octanol–water partition coefficient (Wildman–Crippen LogP) is 2.00. The zero-order valence-electron chi connectivity index (χ0n) is 14.1. The molecule has 1 heterocycles. The van der Waals surface area contributed by atoms with E-state index in [2.05, 4.69) is 15.6 Å². The molecule has 1 fully saturated rings. The van der Waals surface area contributed by atoms with Crippen molar-refractivity contribution in [2.24, 2.45) is 7.05 Å². The molecule has 0 saturated heterocycles. The van der Waals surface area contributed by atoms with E-state index in [1.165, 1.54) is 0 Å². The molecule has 1 aromatic heterocycles. The SMILES string of the molecule is Cn1ccnc1CCNC1CCC(NC(=O)OC(C)(C)C)C1. The second-order valence-corrected chi connectivity index (χ2v) is 7.01. The molecule has 6 nitrogen and oxygen atoms in total. The Bertz CT molecular complexity index is 493. The summed E-state index contributed by atoms with van der Waals surface area (Å²) >= 11 is 0. The van der Waals surface area contributed by atoms with Crippen molar-refractivity contribution in [1.29, 1.82) is 0 Å². The Morgan fingerprint density at radius 1 is 1.41 bits per heavy atom. The van der Waals surface area contributed by atoms with E-state index in [1.807, 2.05) is 44.8 Å². The fourth-order valence-electron chi connectivity index (χ4n) is 2.80. The van der Waals surface area contributed by atoms with Crippen LogP contribution < -0.4 is 10.6 Å². The molecule has 1 aliphatic carbocycles. The first-order chi connectivity index (χ1) is 10.3. The molecule has 0 bridgehead atoms. The number of nitrogens with one attached hydrogen (secondary N) is 2. The zero-order chi connectivity index (χ0) is 16.2. The molecule has 1 amide bonds. The van der Waals surface area contributed by atoms with Crippen molar-refractivity contribution in [1.82, 2.24) is 20.2 Å². The number of nitrogens with zero attached hydrogens (tertiary/aromatic N) is 2. The van der Waals surface area contributed by atoms with E-state index in [0.29, 0.717) is 6.04 Å². The van der Waals surface area contributed by atoms with Gasteiger partial charge in [-0.2, -0.15) is 0 Å². The minimum Gasteiger partial charge on any atom is -0.444 e. The summed E-state index contributed by atoms with van der Waals surface area (Å²) in [6, 6.07) is 0.667. The first-order valence-electron chi connectivity index (χ1n) is 8.02. The van der Waals surface area contributed by atoms with Crippen LogP contribution in [0.15, 0.2) is 12.4 Å². The summed E-state index contributed by atoms with van der Waals surface area (Å²) in [5, 5.41) is 6.51. The van der Waals surface area contributed by atoms with Crippen molar-refractivity contribution in [3.05, 3.63) is 18.2 Å². The van der Waals surface area contributed by atoms with Gasteiger partial charge >= 0.3 is 6.09 Å². The van der Waals surface area contributed by atoms with Gasteiger partial charge in [0.2, 0.25) is 0 Å². The van der Waals surface area contributed by atoms with Crippen LogP contribution in [0.5, 0.6) is 0 Å². The normalized spacial score (nSPS) is 21.8. The third-order valence-corrected chi connectivity index (χ3v) is 3.86. The van der Waals surface area contributed by atoms with Crippen LogP contribution in [0.1, 0.15) is 45.9 Å². The summed E-state index contributed by atoms with van der Waals surface area (Å²) in [7, 11) is 2.01. The lowest BCUT2D eigenvalue weighted by Gasteiger charge is -2.21. The van der Waals surface area contributed by atoms with Gasteiger partial charge in [0.25, 0.3) is 0 Å². The van der Waals surface area contributed by atoms with Crippen LogP contribution in [0.3, 0.4) is 0 Å². The van der Waals surface area contributed by atoms with Crippen molar-refractivity contribution < 1.29 is 9.53 Å². The van der Waals surface area contributed by atoms with Crippen LogP contribution in [0.25, 0.3) is 0 Å². The van der Waals surface area contributed by atoms with E-state index >= 15 is 0 Å². The topological polar surface area (TPSA) is 68.2 Å². The molecule has 0 spiro atoms. The average Bonchev–Trinajstić information content (AvgIpc) is 2.97. The Morgan fingerprint density at radius 3 is 2.77 bits per heavy atom. The Hall–Kier alpha value is -1.56. The second kappa shape index (κ2) is 7.13. The Morgan fingerprint density at radius 2 is 2.14 bits per heavy atom. The lowest BCUT2D eigenvalue weighted by Crippen LogP contribution is -2.39. The van der Waals surface area contributed by atoms with E-state index in [0.717, 1.165) is 38.1 Å². The number of alkyl carbamates (subject to hydrolysis) is 1. The number of amides is 1. The van der Waals surface area contributed by atoms with Gasteiger partial charge in [-0.05, 0) is 40.0 Å². The van der Waals surface area contributed by atoms with E-state index in [-0.39, 0.29) is 12.1 Å². The molecule has 1 aromatic rings. The average molecular weight is 308 g/mol. The van der Waals surface area contributed by atoms with Gasteiger partial charge in [0.1, 0.15) is 11.4 Å². The van der Waals surface area contributed by atoms with Crippen LogP contribution in [-0.4, -0.2) is 39.9 Å². The largest absolute Gasteiger partial charge is 0.444 e. The first-order valence-corrected chi connectivity index (χ1v) is 8.02. The molecule has 0 radical (unpaired) electrons. The quantitative estimate of drug-likeness (QED) is 0.873. The molecule has 6 heteroatoms. The van der Waals surface area contributed by atoms with Crippen LogP contribution in [0.2, 0.25) is 0 Å². The minimum absolute atomic E-state index is 0.209. The van der Waals surface area contributed by atoms with Gasteiger partial charge in [0.15, 0.2) is 0 Å². The number of hydrogen-bond donors (Lipinski definition) is 2. The fraction of sp³-hybridized carbons (Fsp3) is 0.750. The number of rotatable bonds is 5. The van der Waals surface area contributed by atoms with E-state index in [9.17, 15) is 4.79 Å². The van der Waals surface area contributed by atoms with Gasteiger partial charge in [-0.15, -0.1) is 0 Å². The number of hydrogen-bond acceptors (Lipinski definition) is 4. The van der Waals surface area contributed by atoms with Crippen LogP contribution >= 0.6 is 0 Å². The highest BCUT2D eigenvalue weighted by Crippen LogP contribution is 2.19. The molecule has 2 unspecified atom stereocenters. The summed E-state index contributed by atoms with van der Waals surface area (Å²) in [4.78, 5) is 16.1. The van der Waals surface area contributed by atoms with Crippen molar-refractivity contribution in [2.75, 3.05) is 6.54 Å². The molecule has 1 aliphatic rings. The smallest absolute Gasteiger partial charge is 0.407 e. The Balaban J connectivity index is 1.65. The van der Waals surface area contributed by atoms with Crippen molar-refractivity contribution >= 4 is 6.09 Å². The van der Waals surface area contributed by atoms with E-state index in [1.54, 1.807) is 0 Å². The van der Waals surface area contributed by atoms with E-state index < -0.39 is 5.60 Å². The van der Waals surface area contributed by atoms with Gasteiger partial charge in [-0.1, -0.05) is 0 Å². The molecule has 22 heavy (non-hydrogen) atoms. The number of aromatic nitrogens is 2. The molecule has 1 saturated carbocycles. The highest BCUT2D eigenvalue weighted by Gasteiger charge is 2.27. The standard InChI is InChI=1S/C16H28N4O2/c1-16(2,3)22-15(21)19-13-6-5-12(11-13)17-8-7-14-18-9-10-20(14)4/h9-10,12-13,17H,5-8,11H2,1-4H3,(H,19,21). The number of imidazole rings is 1. The number of carbonyl (C=O) groups excluding carboxylic acids is 1. The summed E-state index contributed by atoms with van der Waals surface area (Å²) in [6.45, 7) is 6.55. The molecule has 0 aliphatic heterocycles. The monoisotopic (exact) mass is 308 g/mol. The second-order valence-electron chi connectivity index (χ2n) is 7.01. The summed E-state index contributed by atoms with van der Waals surface area (Å²) in [5.41, 5.74) is -0.442. The Kier molecular flexibility index (Phi) is 5.45. The lowest BCUT2D eigenvalue weighted by atomic mass is 10.2. The molecular weight excluding hydrogens is 280 g/mol. The molecule has 0 aromatic carbocycles. The van der Waals surface area contributed by atoms with Crippen LogP contribution in [-0.2, 0) is 18.2 Å². The van der Waals surface area contributed by atoms with Crippen LogP contribution in [0.4, 0.5) is 4.79 Å². The van der Waals surface area contributed by atoms with E-state index in [4.69, 9.17) is 4.74 Å². The van der Waals surface area contributed by atoms with Crippen molar-refractivity contribution in [2.45, 2.75) is 64.1 Å². The van der Waals surface area contributed by atoms with Crippen molar-refractivity contribution in [3.8, 4) is 0 Å². The predicted molar refractivity (Wildman–Crippen MR) is 85.7 cm³/mol. The summed E-state index contributed by atoms with van der Waals surface area (Å²) in [6.07, 6.45) is 7.44. The molecular formula is C16H28N4O2. The molecule has 2 rings (SSSR count). The van der Waals surface area contributed by atoms with Crippen LogP contribution in [0, 0.1) is 0 Å². The van der Waals surface area contributed by atoms with Crippen molar-refractivity contribution in [3.63, 3.8) is 0 Å². The number of carbonyl (C=O) groups is 1. The minimum atomic E-state index is -0.442. The third-order valence-electron chi connectivity index (χ3n) is 3.86. The van der Waals surface area contributed by atoms with Gasteiger partial charge in [0, 0.05) is 44.5 Å². The van der Waals surface area contributed by atoms with Gasteiger partial charge < -0.3 is 19.9 Å². The first kappa shape index (κ1) is 16.8. The fourth-order valence-corrected chi connectivity index (χ4v) is 2.80. The Labute approximate surface area is 132 Å². The maximum atomic E-state index is 11.8.